The fourth-order valence-corrected chi connectivity index (χ4v) is 3.17. The van der Waals surface area contributed by atoms with E-state index < -0.39 is 0 Å². The van der Waals surface area contributed by atoms with Gasteiger partial charge < -0.3 is 14.8 Å². The lowest BCUT2D eigenvalue weighted by Gasteiger charge is -2.21. The maximum absolute atomic E-state index is 5.78. The van der Waals surface area contributed by atoms with E-state index >= 15 is 0 Å². The lowest BCUT2D eigenvalue weighted by atomic mass is 10.0. The van der Waals surface area contributed by atoms with Crippen molar-refractivity contribution in [1.82, 2.24) is 9.97 Å². The number of aromatic nitrogens is 2. The number of rotatable bonds is 5. The van der Waals surface area contributed by atoms with Gasteiger partial charge in [-0.3, -0.25) is 0 Å². The van der Waals surface area contributed by atoms with Crippen LogP contribution in [-0.4, -0.2) is 36.8 Å². The summed E-state index contributed by atoms with van der Waals surface area (Å²) < 4.78 is 11.1. The molecule has 2 aromatic rings. The van der Waals surface area contributed by atoms with Gasteiger partial charge in [0, 0.05) is 20.3 Å². The fraction of sp³-hybridized carbons (Fsp3) is 0.571. The van der Waals surface area contributed by atoms with Crippen molar-refractivity contribution in [2.24, 2.45) is 5.92 Å². The number of fused-ring (bicyclic) bond motifs is 1. The lowest BCUT2D eigenvalue weighted by molar-refractivity contribution is 0.0143. The fourth-order valence-electron chi connectivity index (χ4n) is 2.38. The molecule has 1 N–H and O–H groups in total. The number of nitrogens with one attached hydrogen (secondary N) is 1. The molecule has 0 aromatic carbocycles. The van der Waals surface area contributed by atoms with Crippen LogP contribution in [0.2, 0.25) is 0 Å². The van der Waals surface area contributed by atoms with Gasteiger partial charge in [-0.2, -0.15) is 0 Å². The molecule has 0 saturated carbocycles. The molecule has 0 atom stereocenters. The molecule has 3 rings (SSSR count). The highest BCUT2D eigenvalue weighted by molar-refractivity contribution is 7.16. The zero-order valence-electron chi connectivity index (χ0n) is 11.6. The molecular formula is C14H19N3O2S. The Morgan fingerprint density at radius 3 is 3.05 bits per heavy atom. The molecule has 0 unspecified atom stereocenters. The molecule has 108 valence electrons. The Balaban J connectivity index is 1.62. The zero-order valence-corrected chi connectivity index (χ0v) is 12.4. The minimum absolute atomic E-state index is 0.472. The third-order valence-corrected chi connectivity index (χ3v) is 4.34. The molecule has 6 heteroatoms. The van der Waals surface area contributed by atoms with Crippen LogP contribution in [0.15, 0.2) is 11.4 Å². The van der Waals surface area contributed by atoms with Crippen molar-refractivity contribution in [2.75, 3.05) is 32.2 Å². The summed E-state index contributed by atoms with van der Waals surface area (Å²) in [6.45, 7) is 2.95. The predicted molar refractivity (Wildman–Crippen MR) is 80.2 cm³/mol. The summed E-state index contributed by atoms with van der Waals surface area (Å²) in [6.07, 6.45) is 2.18. The van der Waals surface area contributed by atoms with E-state index in [0.29, 0.717) is 12.5 Å². The number of hydrogen-bond donors (Lipinski definition) is 1. The molecule has 0 bridgehead atoms. The molecule has 0 amide bonds. The highest BCUT2D eigenvalue weighted by Crippen LogP contribution is 2.25. The van der Waals surface area contributed by atoms with Crippen LogP contribution in [0.1, 0.15) is 18.7 Å². The van der Waals surface area contributed by atoms with Gasteiger partial charge in [0.25, 0.3) is 0 Å². The highest BCUT2D eigenvalue weighted by Gasteiger charge is 2.14. The summed E-state index contributed by atoms with van der Waals surface area (Å²) in [5, 5.41) is 6.23. The third kappa shape index (κ3) is 3.08. The van der Waals surface area contributed by atoms with Crippen LogP contribution in [0.4, 0.5) is 5.82 Å². The summed E-state index contributed by atoms with van der Waals surface area (Å²) in [6, 6.07) is 2.04. The van der Waals surface area contributed by atoms with Crippen molar-refractivity contribution in [2.45, 2.75) is 19.4 Å². The number of thiophene rings is 1. The lowest BCUT2D eigenvalue weighted by Crippen LogP contribution is -2.20. The summed E-state index contributed by atoms with van der Waals surface area (Å²) in [5.41, 5.74) is 0. The first-order valence-electron chi connectivity index (χ1n) is 6.94. The molecule has 0 spiro atoms. The first kappa shape index (κ1) is 13.7. The van der Waals surface area contributed by atoms with E-state index in [9.17, 15) is 0 Å². The Hall–Kier alpha value is -1.24. The first-order valence-corrected chi connectivity index (χ1v) is 7.82. The predicted octanol–water partition coefficient (Wildman–Crippen LogP) is 2.68. The monoisotopic (exact) mass is 293 g/mol. The van der Waals surface area contributed by atoms with Crippen molar-refractivity contribution < 1.29 is 9.47 Å². The van der Waals surface area contributed by atoms with E-state index in [-0.39, 0.29) is 0 Å². The number of anilines is 1. The number of hydrogen-bond acceptors (Lipinski definition) is 6. The number of nitrogens with zero attached hydrogens (tertiary/aromatic N) is 2. The molecule has 0 radical (unpaired) electrons. The number of ether oxygens (including phenoxy) is 2. The van der Waals surface area contributed by atoms with Gasteiger partial charge >= 0.3 is 0 Å². The maximum atomic E-state index is 5.78. The second kappa shape index (κ2) is 6.47. The second-order valence-electron chi connectivity index (χ2n) is 4.95. The van der Waals surface area contributed by atoms with Gasteiger partial charge in [0.2, 0.25) is 0 Å². The topological polar surface area (TPSA) is 56.3 Å². The van der Waals surface area contributed by atoms with Gasteiger partial charge in [0.15, 0.2) is 5.82 Å². The summed E-state index contributed by atoms with van der Waals surface area (Å²) in [7, 11) is 1.88. The molecule has 1 aliphatic rings. The van der Waals surface area contributed by atoms with E-state index in [2.05, 4.69) is 15.3 Å². The average Bonchev–Trinajstić information content (AvgIpc) is 2.96. The van der Waals surface area contributed by atoms with Gasteiger partial charge in [0.05, 0.1) is 12.0 Å². The van der Waals surface area contributed by atoms with Crippen molar-refractivity contribution >= 4 is 27.4 Å². The van der Waals surface area contributed by atoms with Crippen molar-refractivity contribution in [3.63, 3.8) is 0 Å². The minimum atomic E-state index is 0.472. The molecule has 1 saturated heterocycles. The van der Waals surface area contributed by atoms with Crippen molar-refractivity contribution in [3.05, 3.63) is 17.3 Å². The van der Waals surface area contributed by atoms with Crippen molar-refractivity contribution in [1.29, 1.82) is 0 Å². The van der Waals surface area contributed by atoms with Crippen LogP contribution in [0.25, 0.3) is 10.2 Å². The Labute approximate surface area is 122 Å². The smallest absolute Gasteiger partial charge is 0.158 e. The molecule has 0 aliphatic carbocycles. The largest absolute Gasteiger partial charge is 0.381 e. The minimum Gasteiger partial charge on any atom is -0.381 e. The van der Waals surface area contributed by atoms with E-state index in [1.54, 1.807) is 11.3 Å². The first-order chi connectivity index (χ1) is 9.86. The molecule has 1 aliphatic heterocycles. The van der Waals surface area contributed by atoms with Crippen LogP contribution in [-0.2, 0) is 16.1 Å². The van der Waals surface area contributed by atoms with Gasteiger partial charge in [-0.25, -0.2) is 9.97 Å². The van der Waals surface area contributed by atoms with Crippen molar-refractivity contribution in [3.8, 4) is 0 Å². The molecule has 3 heterocycles. The van der Waals surface area contributed by atoms with E-state index in [1.165, 1.54) is 0 Å². The molecule has 20 heavy (non-hydrogen) atoms. The standard InChI is InChI=1S/C14H19N3O2S/c1-15-13-11-4-7-20-14(11)17-12(16-13)9-19-8-10-2-5-18-6-3-10/h4,7,10H,2-3,5-6,8-9H2,1H3,(H,15,16,17). The molecule has 2 aromatic heterocycles. The molecule has 1 fully saturated rings. The molecule has 5 nitrogen and oxygen atoms in total. The van der Waals surface area contributed by atoms with E-state index in [1.807, 2.05) is 18.5 Å². The Bertz CT molecular complexity index is 567. The SMILES string of the molecule is CNc1nc(COCC2CCOCC2)nc2sccc12. The van der Waals surface area contributed by atoms with Crippen LogP contribution in [0, 0.1) is 5.92 Å². The normalized spacial score (nSPS) is 16.6. The second-order valence-corrected chi connectivity index (χ2v) is 5.84. The van der Waals surface area contributed by atoms with Crippen LogP contribution in [0.5, 0.6) is 0 Å². The maximum Gasteiger partial charge on any atom is 0.158 e. The highest BCUT2D eigenvalue weighted by atomic mass is 32.1. The van der Waals surface area contributed by atoms with E-state index in [0.717, 1.165) is 54.5 Å². The zero-order chi connectivity index (χ0) is 13.8. The van der Waals surface area contributed by atoms with E-state index in [4.69, 9.17) is 9.47 Å². The Morgan fingerprint density at radius 2 is 2.25 bits per heavy atom. The van der Waals surface area contributed by atoms with Gasteiger partial charge in [0.1, 0.15) is 17.3 Å². The van der Waals surface area contributed by atoms with Gasteiger partial charge in [-0.05, 0) is 30.2 Å². The van der Waals surface area contributed by atoms with Crippen LogP contribution in [0.3, 0.4) is 0 Å². The summed E-state index contributed by atoms with van der Waals surface area (Å²) >= 11 is 1.63. The van der Waals surface area contributed by atoms with Gasteiger partial charge in [-0.15, -0.1) is 11.3 Å². The van der Waals surface area contributed by atoms with Gasteiger partial charge in [-0.1, -0.05) is 0 Å². The summed E-state index contributed by atoms with van der Waals surface area (Å²) in [5.74, 6) is 2.23. The summed E-state index contributed by atoms with van der Waals surface area (Å²) in [4.78, 5) is 10.1. The van der Waals surface area contributed by atoms with Crippen LogP contribution >= 0.6 is 11.3 Å². The third-order valence-electron chi connectivity index (χ3n) is 3.53. The molecular weight excluding hydrogens is 274 g/mol. The quantitative estimate of drug-likeness (QED) is 0.918. The average molecular weight is 293 g/mol. The van der Waals surface area contributed by atoms with Crippen LogP contribution < -0.4 is 5.32 Å². The Morgan fingerprint density at radius 1 is 1.40 bits per heavy atom. The Kier molecular flexibility index (Phi) is 4.44.